The lowest BCUT2D eigenvalue weighted by atomic mass is 9.94. The van der Waals surface area contributed by atoms with Gasteiger partial charge in [-0.3, -0.25) is 20.2 Å². The zero-order valence-electron chi connectivity index (χ0n) is 37.7. The second kappa shape index (κ2) is 21.8. The number of urea groups is 2. The van der Waals surface area contributed by atoms with E-state index < -0.39 is 39.6 Å². The molecule has 2 fully saturated rings. The number of aromatic nitrogens is 2. The number of aryl methyl sites for hydroxylation is 2. The molecule has 4 N–H and O–H groups in total. The molecule has 2 saturated carbocycles. The SMILES string of the molecule is Cc1ccc(NC(=O)Nc2ncc(CSc3ccc(C(=O)OC(=O)c4ccc(S(=O)(=O)Cc5cnc(NC(=O)Nc6ccc(C)cc6C(=O)C6CCCC6)s5)cc4)cc3)s2)c(C(=O)C2CCCC2)c1. The third kappa shape index (κ3) is 12.6. The van der Waals surface area contributed by atoms with Crippen LogP contribution in [0, 0.1) is 25.7 Å². The topological polar surface area (TPSA) is 220 Å². The number of thioether (sulfide) groups is 1. The monoisotopic (exact) mass is 1000 g/mol. The van der Waals surface area contributed by atoms with Gasteiger partial charge in [-0.15, -0.1) is 34.4 Å². The van der Waals surface area contributed by atoms with Crippen molar-refractivity contribution in [1.29, 1.82) is 0 Å². The number of carbonyl (C=O) groups is 6. The number of thiazole rings is 2. The van der Waals surface area contributed by atoms with Crippen molar-refractivity contribution in [2.75, 3.05) is 21.3 Å². The standard InChI is InChI=1S/C50H48N6O9S4/c1-29-11-21-41(39(23-29)43(57)31-7-3-4-8-31)53-47(61)55-49-51-25-36(67-49)27-66-35-17-13-33(14-18-35)45(59)65-46(60)34-15-19-38(20-16-34)69(63,64)28-37-26-52-50(68-37)56-48(62)54-42-22-12-30(2)24-40(42)44(58)32-9-5-6-10-32/h11-26,31-32H,3-10,27-28H2,1-2H3,(H2,51,53,55,61)(H2,52,54,56,62). The van der Waals surface area contributed by atoms with Crippen LogP contribution in [0.5, 0.6) is 0 Å². The summed E-state index contributed by atoms with van der Waals surface area (Å²) in [5, 5.41) is 11.5. The van der Waals surface area contributed by atoms with Gasteiger partial charge in [-0.05, 0) is 112 Å². The van der Waals surface area contributed by atoms with E-state index in [4.69, 9.17) is 4.74 Å². The molecular formula is C50H48N6O9S4. The summed E-state index contributed by atoms with van der Waals surface area (Å²) in [6.45, 7) is 3.80. The van der Waals surface area contributed by atoms with Gasteiger partial charge in [0, 0.05) is 55.8 Å². The number of carbonyl (C=O) groups excluding carboxylic acids is 6. The number of ether oxygens (including phenoxy) is 1. The predicted octanol–water partition coefficient (Wildman–Crippen LogP) is 11.5. The van der Waals surface area contributed by atoms with Gasteiger partial charge in [-0.2, -0.15) is 0 Å². The molecule has 0 saturated heterocycles. The van der Waals surface area contributed by atoms with Crippen molar-refractivity contribution < 1.29 is 41.9 Å². The molecule has 2 aromatic heterocycles. The summed E-state index contributed by atoms with van der Waals surface area (Å²) in [4.78, 5) is 88.5. The van der Waals surface area contributed by atoms with Crippen molar-refractivity contribution in [2.24, 2.45) is 11.8 Å². The van der Waals surface area contributed by atoms with Gasteiger partial charge in [0.25, 0.3) is 0 Å². The first kappa shape index (κ1) is 48.9. The Balaban J connectivity index is 0.782. The maximum Gasteiger partial charge on any atom is 0.346 e. The van der Waals surface area contributed by atoms with Gasteiger partial charge in [-0.25, -0.2) is 37.6 Å². The molecule has 2 aliphatic carbocycles. The average Bonchev–Trinajstić information content (AvgIpc) is 4.20. The highest BCUT2D eigenvalue weighted by molar-refractivity contribution is 7.98. The Hall–Kier alpha value is -6.54. The Labute approximate surface area is 411 Å². The molecule has 4 amide bonds. The highest BCUT2D eigenvalue weighted by Crippen LogP contribution is 2.34. The van der Waals surface area contributed by atoms with Gasteiger partial charge in [0.1, 0.15) is 0 Å². The van der Waals surface area contributed by atoms with Gasteiger partial charge in [0.2, 0.25) is 0 Å². The lowest BCUT2D eigenvalue weighted by Gasteiger charge is -2.14. The third-order valence-corrected chi connectivity index (χ3v) is 16.7. The van der Waals surface area contributed by atoms with Crippen LogP contribution in [0.3, 0.4) is 0 Å². The van der Waals surface area contributed by atoms with Crippen LogP contribution >= 0.6 is 34.4 Å². The van der Waals surface area contributed by atoms with Crippen molar-refractivity contribution in [3.05, 3.63) is 140 Å². The molecule has 15 nitrogen and oxygen atoms in total. The minimum absolute atomic E-state index is 0.00725. The van der Waals surface area contributed by atoms with Gasteiger partial charge in [0.05, 0.1) is 33.2 Å². The van der Waals surface area contributed by atoms with Crippen molar-refractivity contribution >= 4 is 101 Å². The van der Waals surface area contributed by atoms with Crippen LogP contribution in [0.2, 0.25) is 0 Å². The van der Waals surface area contributed by atoms with Crippen LogP contribution in [0.15, 0.2) is 107 Å². The number of amides is 4. The Kier molecular flexibility index (Phi) is 15.5. The summed E-state index contributed by atoms with van der Waals surface area (Å²) in [5.41, 5.74) is 3.76. The molecular weight excluding hydrogens is 957 g/mol. The molecule has 0 bridgehead atoms. The van der Waals surface area contributed by atoms with E-state index in [0.717, 1.165) is 83.6 Å². The molecule has 6 aromatic rings. The highest BCUT2D eigenvalue weighted by Gasteiger charge is 2.28. The smallest absolute Gasteiger partial charge is 0.346 e. The van der Waals surface area contributed by atoms with Crippen LogP contribution in [-0.2, 0) is 26.1 Å². The van der Waals surface area contributed by atoms with Gasteiger partial charge in [-0.1, -0.05) is 48.9 Å². The number of Topliss-reactive ketones (excluding diaryl/α,β-unsaturated/α-hetero) is 2. The minimum Gasteiger partial charge on any atom is -0.386 e. The number of nitrogens with one attached hydrogen (secondary N) is 4. The largest absolute Gasteiger partial charge is 0.386 e. The van der Waals surface area contributed by atoms with Crippen LogP contribution in [0.4, 0.5) is 31.2 Å². The number of nitrogens with zero attached hydrogens (tertiary/aromatic N) is 2. The number of hydrogen-bond acceptors (Lipinski definition) is 14. The molecule has 0 spiro atoms. The normalized spacial score (nSPS) is 14.0. The second-order valence-corrected chi connectivity index (χ2v) is 22.3. The number of rotatable bonds is 16. The summed E-state index contributed by atoms with van der Waals surface area (Å²) < 4.78 is 31.7. The van der Waals surface area contributed by atoms with E-state index in [9.17, 15) is 37.2 Å². The third-order valence-electron chi connectivity index (χ3n) is 11.8. The fourth-order valence-electron chi connectivity index (χ4n) is 8.24. The molecule has 69 heavy (non-hydrogen) atoms. The predicted molar refractivity (Wildman–Crippen MR) is 268 cm³/mol. The highest BCUT2D eigenvalue weighted by atomic mass is 32.2. The van der Waals surface area contributed by atoms with Crippen molar-refractivity contribution in [3.8, 4) is 0 Å². The first-order valence-electron chi connectivity index (χ1n) is 22.3. The maximum atomic E-state index is 13.3. The first-order valence-corrected chi connectivity index (χ1v) is 26.6. The van der Waals surface area contributed by atoms with E-state index >= 15 is 0 Å². The molecule has 2 aliphatic rings. The van der Waals surface area contributed by atoms with Gasteiger partial charge >= 0.3 is 24.0 Å². The minimum atomic E-state index is -3.91. The number of hydrogen-bond donors (Lipinski definition) is 4. The van der Waals surface area contributed by atoms with Gasteiger partial charge < -0.3 is 15.4 Å². The lowest BCUT2D eigenvalue weighted by Crippen LogP contribution is -2.22. The fourth-order valence-corrected chi connectivity index (χ4v) is 12.4. The van der Waals surface area contributed by atoms with Crippen LogP contribution in [0.25, 0.3) is 0 Å². The van der Waals surface area contributed by atoms with E-state index in [2.05, 4.69) is 31.2 Å². The number of sulfone groups is 1. The summed E-state index contributed by atoms with van der Waals surface area (Å²) in [7, 11) is -3.91. The number of esters is 2. The molecule has 4 aromatic carbocycles. The molecule has 0 unspecified atom stereocenters. The first-order chi connectivity index (χ1) is 33.2. The van der Waals surface area contributed by atoms with Crippen LogP contribution in [0.1, 0.15) is 114 Å². The number of anilines is 4. The van der Waals surface area contributed by atoms with E-state index in [0.29, 0.717) is 38.3 Å². The molecule has 0 atom stereocenters. The average molecular weight is 1010 g/mol. The summed E-state index contributed by atoms with van der Waals surface area (Å²) >= 11 is 3.76. The van der Waals surface area contributed by atoms with E-state index in [-0.39, 0.29) is 44.6 Å². The second-order valence-electron chi connectivity index (χ2n) is 17.0. The van der Waals surface area contributed by atoms with Crippen molar-refractivity contribution in [2.45, 2.75) is 86.5 Å². The summed E-state index contributed by atoms with van der Waals surface area (Å²) in [6.07, 6.45) is 10.5. The Morgan fingerprint density at radius 2 is 1.06 bits per heavy atom. The quantitative estimate of drug-likeness (QED) is 0.0308. The Morgan fingerprint density at radius 1 is 0.609 bits per heavy atom. The number of benzene rings is 4. The fraction of sp³-hybridized carbons (Fsp3) is 0.280. The van der Waals surface area contributed by atoms with E-state index in [1.54, 1.807) is 36.5 Å². The van der Waals surface area contributed by atoms with Crippen molar-refractivity contribution in [3.63, 3.8) is 0 Å². The molecule has 0 aliphatic heterocycles. The van der Waals surface area contributed by atoms with Gasteiger partial charge in [0.15, 0.2) is 31.7 Å². The molecule has 356 valence electrons. The van der Waals surface area contributed by atoms with E-state index in [1.807, 2.05) is 32.0 Å². The lowest BCUT2D eigenvalue weighted by molar-refractivity contribution is 0.0397. The molecule has 8 rings (SSSR count). The zero-order chi connectivity index (χ0) is 48.7. The Morgan fingerprint density at radius 3 is 1.55 bits per heavy atom. The summed E-state index contributed by atoms with van der Waals surface area (Å²) in [5.74, 6) is -1.77. The Bertz CT molecular complexity index is 3030. The maximum absolute atomic E-state index is 13.3. The molecule has 0 radical (unpaired) electrons. The molecule has 19 heteroatoms. The van der Waals surface area contributed by atoms with E-state index in [1.165, 1.54) is 65.7 Å². The van der Waals surface area contributed by atoms with Crippen molar-refractivity contribution in [1.82, 2.24) is 9.97 Å². The summed E-state index contributed by atoms with van der Waals surface area (Å²) in [6, 6.07) is 21.1. The molecule has 2 heterocycles. The van der Waals surface area contributed by atoms with Crippen LogP contribution < -0.4 is 21.3 Å². The van der Waals surface area contributed by atoms with Crippen LogP contribution in [-0.4, -0.2) is 54.0 Å². The number of ketones is 2. The zero-order valence-corrected chi connectivity index (χ0v) is 40.9.